The van der Waals surface area contributed by atoms with Crippen molar-refractivity contribution >= 4 is 34.5 Å². The first-order chi connectivity index (χ1) is 18.8. The van der Waals surface area contributed by atoms with Crippen molar-refractivity contribution in [2.24, 2.45) is 0 Å². The number of aromatic nitrogens is 1. The highest BCUT2D eigenvalue weighted by molar-refractivity contribution is 5.98. The second-order valence-electron chi connectivity index (χ2n) is 9.23. The number of amides is 3. The molecule has 200 valence electrons. The van der Waals surface area contributed by atoms with Crippen LogP contribution in [0.2, 0.25) is 0 Å². The number of fused-ring (bicyclic) bond motifs is 1. The summed E-state index contributed by atoms with van der Waals surface area (Å²) in [6.07, 6.45) is -1.09. The van der Waals surface area contributed by atoms with E-state index in [1.165, 1.54) is 17.9 Å². The number of hydrogen-bond donors (Lipinski definition) is 3. The van der Waals surface area contributed by atoms with E-state index in [0.29, 0.717) is 34.8 Å². The molecule has 1 fully saturated rings. The van der Waals surface area contributed by atoms with Crippen LogP contribution in [0.4, 0.5) is 14.9 Å². The van der Waals surface area contributed by atoms with Gasteiger partial charge >= 0.3 is 6.09 Å². The van der Waals surface area contributed by atoms with Crippen LogP contribution < -0.4 is 20.3 Å². The molecule has 4 aromatic rings. The Hall–Kier alpha value is -4.86. The summed E-state index contributed by atoms with van der Waals surface area (Å²) < 4.78 is 25.5. The minimum absolute atomic E-state index is 0.196. The van der Waals surface area contributed by atoms with Crippen LogP contribution in [0, 0.1) is 5.82 Å². The van der Waals surface area contributed by atoms with Gasteiger partial charge in [-0.2, -0.15) is 0 Å². The number of ether oxygens (including phenoxy) is 2. The molecule has 10 heteroatoms. The first kappa shape index (κ1) is 25.8. The summed E-state index contributed by atoms with van der Waals surface area (Å²) in [6.45, 7) is 2.09. The van der Waals surface area contributed by atoms with Crippen LogP contribution in [0.15, 0.2) is 66.7 Å². The molecule has 1 saturated heterocycles. The number of halogens is 1. The molecule has 9 nitrogen and oxygen atoms in total. The number of nitrogens with one attached hydrogen (secondary N) is 3. The summed E-state index contributed by atoms with van der Waals surface area (Å²) in [5.74, 6) is -0.230. The van der Waals surface area contributed by atoms with Crippen LogP contribution in [0.5, 0.6) is 5.75 Å². The summed E-state index contributed by atoms with van der Waals surface area (Å²) in [7, 11) is 1.59. The Kier molecular flexibility index (Phi) is 7.18. The number of H-pyrrole nitrogens is 1. The lowest BCUT2D eigenvalue weighted by Gasteiger charge is -2.15. The highest BCUT2D eigenvalue weighted by atomic mass is 19.1. The number of hydrogen-bond acceptors (Lipinski definition) is 5. The van der Waals surface area contributed by atoms with Crippen molar-refractivity contribution in [1.82, 2.24) is 15.6 Å². The summed E-state index contributed by atoms with van der Waals surface area (Å²) in [5, 5.41) is 6.38. The molecule has 0 spiro atoms. The van der Waals surface area contributed by atoms with E-state index in [1.54, 1.807) is 37.4 Å². The molecule has 3 N–H and O–H groups in total. The minimum Gasteiger partial charge on any atom is -0.497 e. The van der Waals surface area contributed by atoms with Crippen molar-refractivity contribution in [2.45, 2.75) is 19.6 Å². The molecule has 0 aliphatic carbocycles. The monoisotopic (exact) mass is 530 g/mol. The molecule has 2 heterocycles. The van der Waals surface area contributed by atoms with Gasteiger partial charge in [-0.15, -0.1) is 0 Å². The Labute approximate surface area is 223 Å². The molecule has 0 saturated carbocycles. The second-order valence-corrected chi connectivity index (χ2v) is 9.23. The Morgan fingerprint density at radius 1 is 1.08 bits per heavy atom. The van der Waals surface area contributed by atoms with E-state index in [2.05, 4.69) is 15.6 Å². The van der Waals surface area contributed by atoms with E-state index in [1.807, 2.05) is 30.3 Å². The molecular weight excluding hydrogens is 503 g/mol. The number of aromatic amines is 1. The van der Waals surface area contributed by atoms with Gasteiger partial charge in [-0.05, 0) is 53.6 Å². The van der Waals surface area contributed by atoms with Gasteiger partial charge in [0, 0.05) is 29.9 Å². The zero-order valence-corrected chi connectivity index (χ0v) is 21.4. The lowest BCUT2D eigenvalue weighted by molar-refractivity contribution is -0.119. The highest BCUT2D eigenvalue weighted by Crippen LogP contribution is 2.29. The Morgan fingerprint density at radius 3 is 2.59 bits per heavy atom. The van der Waals surface area contributed by atoms with Crippen molar-refractivity contribution in [2.75, 3.05) is 25.1 Å². The van der Waals surface area contributed by atoms with Gasteiger partial charge < -0.3 is 25.1 Å². The van der Waals surface area contributed by atoms with Gasteiger partial charge in [0.15, 0.2) is 0 Å². The third-order valence-electron chi connectivity index (χ3n) is 6.51. The summed E-state index contributed by atoms with van der Waals surface area (Å²) in [4.78, 5) is 40.4. The topological polar surface area (TPSA) is 113 Å². The van der Waals surface area contributed by atoms with Crippen LogP contribution in [0.3, 0.4) is 0 Å². The quantitative estimate of drug-likeness (QED) is 0.313. The van der Waals surface area contributed by atoms with Crippen LogP contribution in [-0.4, -0.2) is 49.2 Å². The van der Waals surface area contributed by atoms with Gasteiger partial charge in [-0.1, -0.05) is 24.3 Å². The maximum atomic E-state index is 15.0. The zero-order chi connectivity index (χ0) is 27.5. The van der Waals surface area contributed by atoms with Gasteiger partial charge in [0.25, 0.3) is 5.91 Å². The van der Waals surface area contributed by atoms with Crippen molar-refractivity contribution in [3.05, 3.63) is 83.8 Å². The van der Waals surface area contributed by atoms with Crippen molar-refractivity contribution in [3.8, 4) is 16.9 Å². The van der Waals surface area contributed by atoms with E-state index in [4.69, 9.17) is 9.47 Å². The van der Waals surface area contributed by atoms with E-state index in [-0.39, 0.29) is 24.9 Å². The van der Waals surface area contributed by atoms with Gasteiger partial charge in [0.05, 0.1) is 25.9 Å². The van der Waals surface area contributed by atoms with Crippen molar-refractivity contribution in [3.63, 3.8) is 0 Å². The van der Waals surface area contributed by atoms with Gasteiger partial charge in [0.1, 0.15) is 23.4 Å². The number of cyclic esters (lactones) is 1. The highest BCUT2D eigenvalue weighted by Gasteiger charge is 2.32. The fraction of sp³-hybridized carbons (Fsp3) is 0.207. The maximum Gasteiger partial charge on any atom is 0.414 e. The van der Waals surface area contributed by atoms with Crippen molar-refractivity contribution in [1.29, 1.82) is 0 Å². The van der Waals surface area contributed by atoms with Crippen LogP contribution in [0.1, 0.15) is 23.0 Å². The number of methoxy groups -OCH3 is 1. The molecule has 1 aromatic heterocycles. The fourth-order valence-corrected chi connectivity index (χ4v) is 4.44. The summed E-state index contributed by atoms with van der Waals surface area (Å²) >= 11 is 0. The van der Waals surface area contributed by atoms with Gasteiger partial charge in [0.2, 0.25) is 5.91 Å². The third kappa shape index (κ3) is 5.69. The van der Waals surface area contributed by atoms with E-state index in [9.17, 15) is 14.4 Å². The number of nitrogens with zero attached hydrogens (tertiary/aromatic N) is 1. The Bertz CT molecular complexity index is 1550. The number of benzene rings is 3. The third-order valence-corrected chi connectivity index (χ3v) is 6.51. The van der Waals surface area contributed by atoms with Crippen LogP contribution in [0.25, 0.3) is 22.0 Å². The lowest BCUT2D eigenvalue weighted by atomic mass is 10.0. The molecular formula is C29H27FN4O5. The summed E-state index contributed by atoms with van der Waals surface area (Å²) in [6, 6.07) is 19.1. The Balaban J connectivity index is 1.21. The van der Waals surface area contributed by atoms with Crippen LogP contribution in [-0.2, 0) is 16.1 Å². The predicted octanol–water partition coefficient (Wildman–Crippen LogP) is 4.37. The molecule has 39 heavy (non-hydrogen) atoms. The van der Waals surface area contributed by atoms with E-state index >= 15 is 4.39 Å². The molecule has 5 rings (SSSR count). The molecule has 0 unspecified atom stereocenters. The van der Waals surface area contributed by atoms with Crippen molar-refractivity contribution < 1.29 is 28.2 Å². The molecule has 1 aliphatic heterocycles. The SMILES string of the molecule is COc1ccc2[nH]c(C(=O)NCc3ccc(-c4ccc(N5C[C@H](CNC(C)=O)OC5=O)cc4F)cc3)cc2c1. The number of carbonyl (C=O) groups excluding carboxylic acids is 3. The first-order valence-corrected chi connectivity index (χ1v) is 12.4. The number of carbonyl (C=O) groups is 3. The largest absolute Gasteiger partial charge is 0.497 e. The standard InChI is InChI=1S/C29H27FN4O5/c1-17(35)31-15-23-16-34(29(37)39-23)21-7-9-24(25(30)13-21)19-5-3-18(4-6-19)14-32-28(36)27-12-20-11-22(38-2)8-10-26(20)33-27/h3-13,23,33H,14-16H2,1-2H3,(H,31,35)(H,32,36)/t23-/m0/s1. The zero-order valence-electron chi connectivity index (χ0n) is 21.4. The molecule has 0 radical (unpaired) electrons. The number of anilines is 1. The minimum atomic E-state index is -0.587. The molecule has 1 aliphatic rings. The van der Waals surface area contributed by atoms with E-state index < -0.39 is 18.0 Å². The Morgan fingerprint density at radius 2 is 1.87 bits per heavy atom. The lowest BCUT2D eigenvalue weighted by Crippen LogP contribution is -2.33. The predicted molar refractivity (Wildman–Crippen MR) is 144 cm³/mol. The van der Waals surface area contributed by atoms with Gasteiger partial charge in [-0.3, -0.25) is 14.5 Å². The average molecular weight is 531 g/mol. The second kappa shape index (κ2) is 10.9. The fourth-order valence-electron chi connectivity index (χ4n) is 4.44. The smallest absolute Gasteiger partial charge is 0.414 e. The summed E-state index contributed by atoms with van der Waals surface area (Å²) in [5.41, 5.74) is 3.55. The van der Waals surface area contributed by atoms with E-state index in [0.717, 1.165) is 16.5 Å². The average Bonchev–Trinajstić information content (AvgIpc) is 3.53. The molecule has 1 atom stereocenters. The number of rotatable bonds is 8. The normalized spacial score (nSPS) is 14.8. The molecule has 3 amide bonds. The maximum absolute atomic E-state index is 15.0. The first-order valence-electron chi connectivity index (χ1n) is 12.4. The molecule has 0 bridgehead atoms. The van der Waals surface area contributed by atoms with Crippen LogP contribution >= 0.6 is 0 Å². The van der Waals surface area contributed by atoms with Gasteiger partial charge in [-0.25, -0.2) is 9.18 Å². The molecule has 3 aromatic carbocycles.